The zero-order valence-corrected chi connectivity index (χ0v) is 22.2. The predicted molar refractivity (Wildman–Crippen MR) is 139 cm³/mol. The smallest absolute Gasteiger partial charge is 0.253 e. The van der Waals surface area contributed by atoms with Crippen LogP contribution in [0.3, 0.4) is 0 Å². The first-order chi connectivity index (χ1) is 14.4. The average Bonchev–Trinajstić information content (AvgIpc) is 3.06. The molecule has 172 valence electrons. The molecule has 0 spiro atoms. The normalized spacial score (nSPS) is 11.1. The zero-order valence-electron chi connectivity index (χ0n) is 19.0. The van der Waals surface area contributed by atoms with Gasteiger partial charge in [0.05, 0.1) is 0 Å². The van der Waals surface area contributed by atoms with Crippen molar-refractivity contribution in [2.45, 2.75) is 26.3 Å². The highest BCUT2D eigenvalue weighted by Gasteiger charge is 2.09. The molecular formula is C21H34IN7OS. The van der Waals surface area contributed by atoms with Crippen LogP contribution in [0.1, 0.15) is 34.0 Å². The molecule has 1 aromatic heterocycles. The molecule has 0 bridgehead atoms. The summed E-state index contributed by atoms with van der Waals surface area (Å²) in [5.41, 5.74) is 1.82. The van der Waals surface area contributed by atoms with E-state index in [1.165, 1.54) is 0 Å². The number of nitrogens with zero attached hydrogens (tertiary/aromatic N) is 5. The second-order valence-corrected chi connectivity index (χ2v) is 8.22. The Morgan fingerprint density at radius 1 is 1.23 bits per heavy atom. The molecule has 0 atom stereocenters. The molecule has 2 aromatic rings. The summed E-state index contributed by atoms with van der Waals surface area (Å²) >= 11 is 1.84. The van der Waals surface area contributed by atoms with Crippen molar-refractivity contribution in [1.82, 2.24) is 30.3 Å². The largest absolute Gasteiger partial charge is 0.356 e. The van der Waals surface area contributed by atoms with E-state index in [0.717, 1.165) is 48.3 Å². The number of aryl methyl sites for hydroxylation is 1. The Balaban J connectivity index is 0.00000480. The predicted octanol–water partition coefficient (Wildman–Crippen LogP) is 2.47. The number of amides is 1. The van der Waals surface area contributed by atoms with E-state index in [-0.39, 0.29) is 29.9 Å². The second-order valence-electron chi connectivity index (χ2n) is 7.24. The van der Waals surface area contributed by atoms with Crippen molar-refractivity contribution < 1.29 is 4.79 Å². The van der Waals surface area contributed by atoms with E-state index >= 15 is 0 Å². The maximum Gasteiger partial charge on any atom is 0.253 e. The van der Waals surface area contributed by atoms with Gasteiger partial charge in [0.1, 0.15) is 12.4 Å². The van der Waals surface area contributed by atoms with E-state index in [0.29, 0.717) is 18.7 Å². The van der Waals surface area contributed by atoms with E-state index in [1.807, 2.05) is 54.6 Å². The molecule has 0 radical (unpaired) electrons. The molecule has 1 heterocycles. The van der Waals surface area contributed by atoms with Crippen LogP contribution in [0.15, 0.2) is 29.3 Å². The van der Waals surface area contributed by atoms with Gasteiger partial charge in [-0.15, -0.1) is 34.2 Å². The first-order valence-electron chi connectivity index (χ1n) is 10.1. The molecule has 10 heteroatoms. The third kappa shape index (κ3) is 9.06. The maximum absolute atomic E-state index is 12.2. The summed E-state index contributed by atoms with van der Waals surface area (Å²) in [5, 5.41) is 15.0. The minimum atomic E-state index is 0. The maximum atomic E-state index is 12.2. The van der Waals surface area contributed by atoms with Crippen molar-refractivity contribution in [2.24, 2.45) is 12.0 Å². The van der Waals surface area contributed by atoms with Crippen molar-refractivity contribution >= 4 is 47.6 Å². The summed E-state index contributed by atoms with van der Waals surface area (Å²) < 4.78 is 1.95. The molecule has 0 aliphatic heterocycles. The molecule has 2 rings (SSSR count). The highest BCUT2D eigenvalue weighted by molar-refractivity contribution is 14.0. The molecule has 2 N–H and O–H groups in total. The van der Waals surface area contributed by atoms with Crippen LogP contribution in [0.4, 0.5) is 0 Å². The Morgan fingerprint density at radius 2 is 1.97 bits per heavy atom. The number of guanidine groups is 1. The van der Waals surface area contributed by atoms with Gasteiger partial charge in [-0.2, -0.15) is 11.8 Å². The van der Waals surface area contributed by atoms with Gasteiger partial charge >= 0.3 is 0 Å². The quantitative estimate of drug-likeness (QED) is 0.201. The number of aromatic nitrogens is 3. The van der Waals surface area contributed by atoms with Gasteiger partial charge in [0.25, 0.3) is 5.91 Å². The lowest BCUT2D eigenvalue weighted by atomic mass is 10.1. The molecule has 0 unspecified atom stereocenters. The summed E-state index contributed by atoms with van der Waals surface area (Å²) in [7, 11) is 5.47. The van der Waals surface area contributed by atoms with Gasteiger partial charge in [0.15, 0.2) is 11.8 Å². The molecule has 0 saturated heterocycles. The fraction of sp³-hybridized carbons (Fsp3) is 0.524. The number of carbonyl (C=O) groups excluding carboxylic acids is 1. The van der Waals surface area contributed by atoms with Crippen LogP contribution in [0.2, 0.25) is 0 Å². The lowest BCUT2D eigenvalue weighted by molar-refractivity contribution is 0.0827. The number of halogens is 1. The standard InChI is InChI=1S/C21H33N7OS.HI/c1-16-25-26-19(28(16)4)15-24-21(22-11-7-13-30-5)23-12-10-17-8-6-9-18(14-17)20(29)27(2)3;/h6,8-9,14H,7,10-13,15H2,1-5H3,(H2,22,23,24);1H. The second kappa shape index (κ2) is 14.3. The summed E-state index contributed by atoms with van der Waals surface area (Å²) in [5.74, 6) is 3.58. The van der Waals surface area contributed by atoms with Crippen LogP contribution in [0.5, 0.6) is 0 Å². The fourth-order valence-electron chi connectivity index (χ4n) is 2.78. The summed E-state index contributed by atoms with van der Waals surface area (Å²) in [6.07, 6.45) is 3.97. The SMILES string of the molecule is CSCCCNC(=NCc1nnc(C)n1C)NCCc1cccc(C(=O)N(C)C)c1.I. The van der Waals surface area contributed by atoms with Crippen molar-refractivity contribution in [3.8, 4) is 0 Å². The highest BCUT2D eigenvalue weighted by atomic mass is 127. The van der Waals surface area contributed by atoms with Crippen LogP contribution < -0.4 is 10.6 Å². The van der Waals surface area contributed by atoms with Crippen molar-refractivity contribution in [3.05, 3.63) is 47.0 Å². The summed E-state index contributed by atoms with van der Waals surface area (Å²) in [6, 6.07) is 7.77. The summed E-state index contributed by atoms with van der Waals surface area (Å²) in [6.45, 7) is 3.96. The van der Waals surface area contributed by atoms with E-state index in [9.17, 15) is 4.79 Å². The van der Waals surface area contributed by atoms with E-state index in [1.54, 1.807) is 19.0 Å². The molecule has 8 nitrogen and oxygen atoms in total. The minimum absolute atomic E-state index is 0. The van der Waals surface area contributed by atoms with E-state index < -0.39 is 0 Å². The minimum Gasteiger partial charge on any atom is -0.356 e. The lowest BCUT2D eigenvalue weighted by Crippen LogP contribution is -2.39. The van der Waals surface area contributed by atoms with Gasteiger partial charge in [0.2, 0.25) is 0 Å². The fourth-order valence-corrected chi connectivity index (χ4v) is 3.21. The third-order valence-corrected chi connectivity index (χ3v) is 5.36. The van der Waals surface area contributed by atoms with Gasteiger partial charge in [-0.25, -0.2) is 4.99 Å². The van der Waals surface area contributed by atoms with Crippen LogP contribution in [0, 0.1) is 6.92 Å². The number of thioether (sulfide) groups is 1. The van der Waals surface area contributed by atoms with Gasteiger partial charge in [0, 0.05) is 39.8 Å². The molecule has 31 heavy (non-hydrogen) atoms. The average molecular weight is 560 g/mol. The molecule has 0 aliphatic rings. The first-order valence-corrected chi connectivity index (χ1v) is 11.5. The molecular weight excluding hydrogens is 525 g/mol. The first kappa shape index (κ1) is 27.2. The van der Waals surface area contributed by atoms with Gasteiger partial charge < -0.3 is 20.1 Å². The molecule has 1 amide bonds. The third-order valence-electron chi connectivity index (χ3n) is 4.67. The van der Waals surface area contributed by atoms with Gasteiger partial charge in [-0.3, -0.25) is 4.79 Å². The number of rotatable bonds is 10. The summed E-state index contributed by atoms with van der Waals surface area (Å²) in [4.78, 5) is 18.4. The lowest BCUT2D eigenvalue weighted by Gasteiger charge is -2.14. The Hall–Kier alpha value is -1.82. The number of benzene rings is 1. The number of hydrogen-bond acceptors (Lipinski definition) is 5. The number of nitrogens with one attached hydrogen (secondary N) is 2. The highest BCUT2D eigenvalue weighted by Crippen LogP contribution is 2.08. The van der Waals surface area contributed by atoms with E-state index in [2.05, 4.69) is 32.1 Å². The number of hydrogen-bond donors (Lipinski definition) is 2. The molecule has 0 fully saturated rings. The number of carbonyl (C=O) groups is 1. The van der Waals surface area contributed by atoms with Crippen LogP contribution in [-0.4, -0.2) is 70.7 Å². The molecule has 0 aliphatic carbocycles. The van der Waals surface area contributed by atoms with Crippen molar-refractivity contribution in [1.29, 1.82) is 0 Å². The van der Waals surface area contributed by atoms with Crippen LogP contribution in [0.25, 0.3) is 0 Å². The van der Waals surface area contributed by atoms with Crippen molar-refractivity contribution in [3.63, 3.8) is 0 Å². The Kier molecular flexibility index (Phi) is 12.5. The van der Waals surface area contributed by atoms with Gasteiger partial charge in [-0.1, -0.05) is 12.1 Å². The Bertz CT molecular complexity index is 854. The molecule has 1 aromatic carbocycles. The van der Waals surface area contributed by atoms with E-state index in [4.69, 9.17) is 0 Å². The Labute approximate surface area is 206 Å². The van der Waals surface area contributed by atoms with Crippen LogP contribution >= 0.6 is 35.7 Å². The zero-order chi connectivity index (χ0) is 21.9. The number of aliphatic imine (C=N–C) groups is 1. The van der Waals surface area contributed by atoms with Crippen LogP contribution in [-0.2, 0) is 20.0 Å². The monoisotopic (exact) mass is 559 g/mol. The molecule has 0 saturated carbocycles. The topological polar surface area (TPSA) is 87.4 Å². The Morgan fingerprint density at radius 3 is 2.61 bits per heavy atom. The van der Waals surface area contributed by atoms with Gasteiger partial charge in [-0.05, 0) is 49.5 Å². The van der Waals surface area contributed by atoms with Crippen molar-refractivity contribution in [2.75, 3.05) is 39.2 Å².